The Kier molecular flexibility index (Phi) is 3.78. The summed E-state index contributed by atoms with van der Waals surface area (Å²) in [5.74, 6) is 0.750. The van der Waals surface area contributed by atoms with Crippen LogP contribution in [-0.2, 0) is 6.54 Å². The molecule has 2 unspecified atom stereocenters. The van der Waals surface area contributed by atoms with Gasteiger partial charge in [-0.1, -0.05) is 6.92 Å². The van der Waals surface area contributed by atoms with Gasteiger partial charge in [0.1, 0.15) is 0 Å². The highest BCUT2D eigenvalue weighted by Crippen LogP contribution is 2.16. The van der Waals surface area contributed by atoms with E-state index >= 15 is 0 Å². The SMILES string of the molecule is Cc1ccc(CNC2CCNCC2C)s1. The van der Waals surface area contributed by atoms with Crippen molar-refractivity contribution in [3.8, 4) is 0 Å². The first-order valence-electron chi connectivity index (χ1n) is 5.75. The summed E-state index contributed by atoms with van der Waals surface area (Å²) in [5, 5.41) is 7.10. The van der Waals surface area contributed by atoms with E-state index in [1.807, 2.05) is 11.3 Å². The summed E-state index contributed by atoms with van der Waals surface area (Å²) in [7, 11) is 0. The highest BCUT2D eigenvalue weighted by atomic mass is 32.1. The lowest BCUT2D eigenvalue weighted by molar-refractivity contribution is 0.296. The first-order valence-corrected chi connectivity index (χ1v) is 6.57. The van der Waals surface area contributed by atoms with Crippen LogP contribution in [0.3, 0.4) is 0 Å². The fourth-order valence-corrected chi connectivity index (χ4v) is 2.97. The third-order valence-electron chi connectivity index (χ3n) is 3.12. The van der Waals surface area contributed by atoms with Crippen molar-refractivity contribution in [2.24, 2.45) is 5.92 Å². The van der Waals surface area contributed by atoms with Crippen LogP contribution < -0.4 is 10.6 Å². The maximum atomic E-state index is 3.67. The summed E-state index contributed by atoms with van der Waals surface area (Å²) in [6.07, 6.45) is 1.26. The lowest BCUT2D eigenvalue weighted by Crippen LogP contribution is -2.45. The Balaban J connectivity index is 1.81. The zero-order valence-corrected chi connectivity index (χ0v) is 10.4. The molecule has 0 bridgehead atoms. The molecule has 2 nitrogen and oxygen atoms in total. The molecule has 84 valence electrons. The summed E-state index contributed by atoms with van der Waals surface area (Å²) in [4.78, 5) is 2.86. The fourth-order valence-electron chi connectivity index (χ4n) is 2.13. The average molecular weight is 224 g/mol. The van der Waals surface area contributed by atoms with Gasteiger partial charge in [0.25, 0.3) is 0 Å². The lowest BCUT2D eigenvalue weighted by Gasteiger charge is -2.30. The molecule has 2 rings (SSSR count). The monoisotopic (exact) mass is 224 g/mol. The molecule has 2 N–H and O–H groups in total. The van der Waals surface area contributed by atoms with Crippen LogP contribution in [0.2, 0.25) is 0 Å². The van der Waals surface area contributed by atoms with E-state index in [2.05, 4.69) is 36.6 Å². The Morgan fingerprint density at radius 1 is 1.53 bits per heavy atom. The molecular weight excluding hydrogens is 204 g/mol. The maximum absolute atomic E-state index is 3.67. The minimum absolute atomic E-state index is 0.689. The molecule has 15 heavy (non-hydrogen) atoms. The van der Waals surface area contributed by atoms with Gasteiger partial charge in [0, 0.05) is 22.3 Å². The normalized spacial score (nSPS) is 26.8. The average Bonchev–Trinajstić information content (AvgIpc) is 2.63. The number of aryl methyl sites for hydroxylation is 1. The first kappa shape index (κ1) is 11.1. The quantitative estimate of drug-likeness (QED) is 0.822. The van der Waals surface area contributed by atoms with Gasteiger partial charge in [-0.3, -0.25) is 0 Å². The van der Waals surface area contributed by atoms with Crippen LogP contribution in [0.25, 0.3) is 0 Å². The first-order chi connectivity index (χ1) is 7.25. The van der Waals surface area contributed by atoms with Crippen molar-refractivity contribution in [2.75, 3.05) is 13.1 Å². The van der Waals surface area contributed by atoms with E-state index < -0.39 is 0 Å². The van der Waals surface area contributed by atoms with Crippen LogP contribution in [0, 0.1) is 12.8 Å². The van der Waals surface area contributed by atoms with Crippen molar-refractivity contribution >= 4 is 11.3 Å². The van der Waals surface area contributed by atoms with Crippen molar-refractivity contribution < 1.29 is 0 Å². The number of hydrogen-bond donors (Lipinski definition) is 2. The van der Waals surface area contributed by atoms with Gasteiger partial charge >= 0.3 is 0 Å². The predicted molar refractivity (Wildman–Crippen MR) is 66.3 cm³/mol. The van der Waals surface area contributed by atoms with Gasteiger partial charge in [0.05, 0.1) is 0 Å². The molecule has 0 amide bonds. The van der Waals surface area contributed by atoms with Crippen molar-refractivity contribution in [1.82, 2.24) is 10.6 Å². The molecule has 1 aliphatic heterocycles. The molecule has 2 atom stereocenters. The smallest absolute Gasteiger partial charge is 0.0302 e. The van der Waals surface area contributed by atoms with E-state index in [9.17, 15) is 0 Å². The van der Waals surface area contributed by atoms with Crippen molar-refractivity contribution in [3.05, 3.63) is 21.9 Å². The number of nitrogens with one attached hydrogen (secondary N) is 2. The second-order valence-electron chi connectivity index (χ2n) is 4.47. The number of piperidine rings is 1. The molecule has 3 heteroatoms. The standard InChI is InChI=1S/C12H20N2S/c1-9-7-13-6-5-12(9)14-8-11-4-3-10(2)15-11/h3-4,9,12-14H,5-8H2,1-2H3. The molecule has 0 aromatic carbocycles. The lowest BCUT2D eigenvalue weighted by atomic mass is 9.95. The maximum Gasteiger partial charge on any atom is 0.0302 e. The van der Waals surface area contributed by atoms with Crippen LogP contribution in [0.5, 0.6) is 0 Å². The third-order valence-corrected chi connectivity index (χ3v) is 4.12. The summed E-state index contributed by atoms with van der Waals surface area (Å²) in [6.45, 7) is 7.84. The molecule has 0 saturated carbocycles. The van der Waals surface area contributed by atoms with Crippen LogP contribution in [0.4, 0.5) is 0 Å². The molecule has 0 aliphatic carbocycles. The Bertz CT molecular complexity index is 308. The second-order valence-corrected chi connectivity index (χ2v) is 5.84. The topological polar surface area (TPSA) is 24.1 Å². The zero-order chi connectivity index (χ0) is 10.7. The Labute approximate surface area is 96.1 Å². The van der Waals surface area contributed by atoms with Gasteiger partial charge in [-0.25, -0.2) is 0 Å². The summed E-state index contributed by atoms with van der Waals surface area (Å²) in [6, 6.07) is 5.13. The Hall–Kier alpha value is -0.380. The minimum atomic E-state index is 0.689. The fraction of sp³-hybridized carbons (Fsp3) is 0.667. The summed E-state index contributed by atoms with van der Waals surface area (Å²) < 4.78 is 0. The molecule has 0 spiro atoms. The van der Waals surface area contributed by atoms with Gasteiger partial charge < -0.3 is 10.6 Å². The molecule has 2 heterocycles. The number of hydrogen-bond acceptors (Lipinski definition) is 3. The van der Waals surface area contributed by atoms with E-state index in [-0.39, 0.29) is 0 Å². The van der Waals surface area contributed by atoms with E-state index in [0.717, 1.165) is 25.6 Å². The molecule has 1 aliphatic rings. The molecule has 1 fully saturated rings. The highest BCUT2D eigenvalue weighted by molar-refractivity contribution is 7.11. The molecule has 1 aromatic rings. The molecule has 1 saturated heterocycles. The van der Waals surface area contributed by atoms with E-state index in [4.69, 9.17) is 0 Å². The summed E-state index contributed by atoms with van der Waals surface area (Å²) in [5.41, 5.74) is 0. The van der Waals surface area contributed by atoms with Gasteiger partial charge in [-0.05, 0) is 44.5 Å². The van der Waals surface area contributed by atoms with Crippen LogP contribution >= 0.6 is 11.3 Å². The van der Waals surface area contributed by atoms with Crippen LogP contribution in [-0.4, -0.2) is 19.1 Å². The molecule has 1 aromatic heterocycles. The predicted octanol–water partition coefficient (Wildman–Crippen LogP) is 2.14. The molecule has 0 radical (unpaired) electrons. The second kappa shape index (κ2) is 5.10. The van der Waals surface area contributed by atoms with Crippen molar-refractivity contribution in [1.29, 1.82) is 0 Å². The van der Waals surface area contributed by atoms with E-state index in [1.165, 1.54) is 16.2 Å². The van der Waals surface area contributed by atoms with E-state index in [0.29, 0.717) is 6.04 Å². The molecular formula is C12H20N2S. The third kappa shape index (κ3) is 3.03. The van der Waals surface area contributed by atoms with Gasteiger partial charge in [0.15, 0.2) is 0 Å². The van der Waals surface area contributed by atoms with E-state index in [1.54, 1.807) is 0 Å². The Morgan fingerprint density at radius 3 is 3.07 bits per heavy atom. The van der Waals surface area contributed by atoms with Crippen molar-refractivity contribution in [2.45, 2.75) is 32.9 Å². The summed E-state index contributed by atoms with van der Waals surface area (Å²) >= 11 is 1.90. The highest BCUT2D eigenvalue weighted by Gasteiger charge is 2.20. The van der Waals surface area contributed by atoms with Crippen LogP contribution in [0.1, 0.15) is 23.1 Å². The zero-order valence-electron chi connectivity index (χ0n) is 9.55. The minimum Gasteiger partial charge on any atom is -0.316 e. The van der Waals surface area contributed by atoms with Gasteiger partial charge in [0.2, 0.25) is 0 Å². The van der Waals surface area contributed by atoms with Crippen LogP contribution in [0.15, 0.2) is 12.1 Å². The number of thiophene rings is 1. The Morgan fingerprint density at radius 2 is 2.40 bits per heavy atom. The van der Waals surface area contributed by atoms with Crippen molar-refractivity contribution in [3.63, 3.8) is 0 Å². The van der Waals surface area contributed by atoms with Gasteiger partial charge in [-0.15, -0.1) is 11.3 Å². The largest absolute Gasteiger partial charge is 0.316 e. The number of rotatable bonds is 3. The van der Waals surface area contributed by atoms with Gasteiger partial charge in [-0.2, -0.15) is 0 Å².